The Balaban J connectivity index is 1.66. The standard InChI is InChI=1S/C28H49N3O16/c1-11(35)29-21-19(9-44-8-15-17(5-33)47-28(42)23(25(15)39)31-13(3)37)45-16(4-32)14(24(21)38)7-43-10-20-22(30-12(2)36)27(41)26(40)18(6-34)46-20/h14-28,32-34,38-42H,4-10H2,1-3H3,(H,29,35)(H,30,36)(H,31,37)/t14-,15-,16-,17-,18-,19+,20+,21-,22-,23-,24+,25+,26-,27-,28-/m1/s1. The molecule has 3 aliphatic heterocycles. The Morgan fingerprint density at radius 1 is 0.511 bits per heavy atom. The van der Waals surface area contributed by atoms with Crippen molar-refractivity contribution in [2.45, 2.75) is 100 Å². The van der Waals surface area contributed by atoms with Crippen molar-refractivity contribution in [1.29, 1.82) is 0 Å². The normalized spacial score (nSPS) is 40.8. The summed E-state index contributed by atoms with van der Waals surface area (Å²) in [6.45, 7) is 0.839. The van der Waals surface area contributed by atoms with E-state index in [-0.39, 0.29) is 26.4 Å². The fourth-order valence-corrected chi connectivity index (χ4v) is 6.24. The van der Waals surface area contributed by atoms with Gasteiger partial charge >= 0.3 is 0 Å². The number of ether oxygens (including phenoxy) is 5. The van der Waals surface area contributed by atoms with E-state index >= 15 is 0 Å². The number of aliphatic hydroxyl groups is 8. The molecule has 3 aliphatic rings. The Morgan fingerprint density at radius 2 is 0.894 bits per heavy atom. The largest absolute Gasteiger partial charge is 0.394 e. The summed E-state index contributed by atoms with van der Waals surface area (Å²) in [6.07, 6.45) is -12.5. The van der Waals surface area contributed by atoms with Gasteiger partial charge in [-0.2, -0.15) is 0 Å². The lowest BCUT2D eigenvalue weighted by molar-refractivity contribution is -0.248. The van der Waals surface area contributed by atoms with E-state index in [1.54, 1.807) is 0 Å². The smallest absolute Gasteiger partial charge is 0.217 e. The van der Waals surface area contributed by atoms with Crippen LogP contribution in [0.4, 0.5) is 0 Å². The van der Waals surface area contributed by atoms with Crippen molar-refractivity contribution in [3.8, 4) is 0 Å². The molecule has 47 heavy (non-hydrogen) atoms. The van der Waals surface area contributed by atoms with Gasteiger partial charge in [-0.1, -0.05) is 0 Å². The molecule has 11 N–H and O–H groups in total. The number of carbonyl (C=O) groups is 3. The van der Waals surface area contributed by atoms with Crippen LogP contribution in [-0.2, 0) is 38.1 Å². The van der Waals surface area contributed by atoms with E-state index in [1.807, 2.05) is 0 Å². The average molecular weight is 684 g/mol. The van der Waals surface area contributed by atoms with Crippen molar-refractivity contribution >= 4 is 17.7 Å². The minimum atomic E-state index is -1.58. The topological polar surface area (TPSA) is 295 Å². The molecule has 3 fully saturated rings. The van der Waals surface area contributed by atoms with Gasteiger partial charge < -0.3 is 80.5 Å². The van der Waals surface area contributed by atoms with Crippen LogP contribution in [0.1, 0.15) is 20.8 Å². The molecule has 19 heteroatoms. The highest BCUT2D eigenvalue weighted by Gasteiger charge is 2.48. The molecule has 0 radical (unpaired) electrons. The molecule has 3 saturated heterocycles. The summed E-state index contributed by atoms with van der Waals surface area (Å²) in [4.78, 5) is 35.3. The first-order valence-electron chi connectivity index (χ1n) is 15.4. The molecule has 0 saturated carbocycles. The maximum atomic E-state index is 12.1. The first-order chi connectivity index (χ1) is 22.2. The molecule has 15 atom stereocenters. The van der Waals surface area contributed by atoms with Gasteiger partial charge in [0, 0.05) is 32.6 Å². The zero-order chi connectivity index (χ0) is 35.0. The Hall–Kier alpha value is -2.11. The van der Waals surface area contributed by atoms with Gasteiger partial charge in [-0.3, -0.25) is 14.4 Å². The van der Waals surface area contributed by atoms with Gasteiger partial charge in [-0.15, -0.1) is 0 Å². The summed E-state index contributed by atoms with van der Waals surface area (Å²) in [5.41, 5.74) is 0. The SMILES string of the molecule is CC(=O)N[C@@H]1[C@@H](O)[C@H](COC[C@@H]2O[C@H](CO)[C@@H](COC[C@@H]3O[C@H](CO)[C@@H](O)[C@H](O)[C@@H]3NC(C)=O)[C@H](O)[C@@H]2NC(C)=O)[C@@H](CO)O[C@H]1O. The Morgan fingerprint density at radius 3 is 1.34 bits per heavy atom. The third-order valence-electron chi connectivity index (χ3n) is 8.62. The zero-order valence-electron chi connectivity index (χ0n) is 26.5. The van der Waals surface area contributed by atoms with Crippen LogP contribution in [0.25, 0.3) is 0 Å². The molecule has 19 nitrogen and oxygen atoms in total. The Labute approximate surface area is 271 Å². The molecule has 3 rings (SSSR count). The van der Waals surface area contributed by atoms with Crippen molar-refractivity contribution < 1.29 is 78.9 Å². The van der Waals surface area contributed by atoms with Gasteiger partial charge in [0.05, 0.1) is 82.7 Å². The van der Waals surface area contributed by atoms with Crippen LogP contribution >= 0.6 is 0 Å². The molecule has 3 amide bonds. The molecule has 0 bridgehead atoms. The Bertz CT molecular complexity index is 1030. The third-order valence-corrected chi connectivity index (χ3v) is 8.62. The highest BCUT2D eigenvalue weighted by Crippen LogP contribution is 2.30. The Kier molecular flexibility index (Phi) is 15.1. The second-order valence-electron chi connectivity index (χ2n) is 12.1. The van der Waals surface area contributed by atoms with Gasteiger partial charge in [-0.25, -0.2) is 0 Å². The van der Waals surface area contributed by atoms with Crippen LogP contribution in [0.5, 0.6) is 0 Å². The highest BCUT2D eigenvalue weighted by molar-refractivity contribution is 5.74. The maximum Gasteiger partial charge on any atom is 0.217 e. The lowest BCUT2D eigenvalue weighted by Gasteiger charge is -2.46. The number of aliphatic hydroxyl groups excluding tert-OH is 8. The minimum Gasteiger partial charge on any atom is -0.394 e. The second-order valence-corrected chi connectivity index (χ2v) is 12.1. The summed E-state index contributed by atoms with van der Waals surface area (Å²) in [6, 6.07) is -3.35. The minimum absolute atomic E-state index is 0.248. The highest BCUT2D eigenvalue weighted by atomic mass is 16.6. The summed E-state index contributed by atoms with van der Waals surface area (Å²) < 4.78 is 28.6. The molecule has 0 aromatic rings. The van der Waals surface area contributed by atoms with Crippen LogP contribution in [0, 0.1) is 11.8 Å². The van der Waals surface area contributed by atoms with E-state index in [4.69, 9.17) is 23.7 Å². The first kappa shape index (κ1) is 39.3. The van der Waals surface area contributed by atoms with E-state index < -0.39 is 129 Å². The number of amides is 3. The molecule has 0 aliphatic carbocycles. The van der Waals surface area contributed by atoms with E-state index in [2.05, 4.69) is 16.0 Å². The van der Waals surface area contributed by atoms with Gasteiger partial charge in [0.2, 0.25) is 17.7 Å². The van der Waals surface area contributed by atoms with Crippen molar-refractivity contribution in [1.82, 2.24) is 16.0 Å². The predicted molar refractivity (Wildman–Crippen MR) is 155 cm³/mol. The van der Waals surface area contributed by atoms with Gasteiger partial charge in [0.15, 0.2) is 6.29 Å². The molecule has 0 spiro atoms. The molecule has 3 heterocycles. The van der Waals surface area contributed by atoms with Crippen LogP contribution in [0.2, 0.25) is 0 Å². The number of hydrogen-bond donors (Lipinski definition) is 11. The lowest BCUT2D eigenvalue weighted by atomic mass is 9.85. The monoisotopic (exact) mass is 683 g/mol. The number of nitrogens with one attached hydrogen (secondary N) is 3. The molecular formula is C28H49N3O16. The fourth-order valence-electron chi connectivity index (χ4n) is 6.24. The molecule has 0 unspecified atom stereocenters. The van der Waals surface area contributed by atoms with Crippen LogP contribution < -0.4 is 16.0 Å². The van der Waals surface area contributed by atoms with Crippen molar-refractivity contribution in [2.24, 2.45) is 11.8 Å². The molecule has 0 aromatic carbocycles. The molecule has 272 valence electrons. The van der Waals surface area contributed by atoms with Crippen LogP contribution in [0.3, 0.4) is 0 Å². The molecule has 0 aromatic heterocycles. The van der Waals surface area contributed by atoms with Crippen LogP contribution in [-0.4, -0.2) is 184 Å². The van der Waals surface area contributed by atoms with Crippen molar-refractivity contribution in [2.75, 3.05) is 46.2 Å². The quantitative estimate of drug-likeness (QED) is 0.0811. The van der Waals surface area contributed by atoms with Crippen molar-refractivity contribution in [3.63, 3.8) is 0 Å². The average Bonchev–Trinajstić information content (AvgIpc) is 3.01. The second kappa shape index (κ2) is 18.0. The number of hydrogen-bond acceptors (Lipinski definition) is 16. The predicted octanol–water partition coefficient (Wildman–Crippen LogP) is -6.56. The number of carbonyl (C=O) groups excluding carboxylic acids is 3. The van der Waals surface area contributed by atoms with E-state index in [0.29, 0.717) is 0 Å². The maximum absolute atomic E-state index is 12.1. The van der Waals surface area contributed by atoms with Gasteiger partial charge in [0.1, 0.15) is 36.6 Å². The zero-order valence-corrected chi connectivity index (χ0v) is 26.5. The fraction of sp³-hybridized carbons (Fsp3) is 0.893. The third kappa shape index (κ3) is 9.97. The first-order valence-corrected chi connectivity index (χ1v) is 15.4. The summed E-state index contributed by atoms with van der Waals surface area (Å²) in [7, 11) is 0. The van der Waals surface area contributed by atoms with Crippen molar-refractivity contribution in [3.05, 3.63) is 0 Å². The lowest BCUT2D eigenvalue weighted by Crippen LogP contribution is -2.65. The summed E-state index contributed by atoms with van der Waals surface area (Å²) >= 11 is 0. The summed E-state index contributed by atoms with van der Waals surface area (Å²) in [5, 5.41) is 90.0. The number of rotatable bonds is 14. The molecular weight excluding hydrogens is 634 g/mol. The van der Waals surface area contributed by atoms with Crippen LogP contribution in [0.15, 0.2) is 0 Å². The van der Waals surface area contributed by atoms with E-state index in [0.717, 1.165) is 0 Å². The van der Waals surface area contributed by atoms with E-state index in [1.165, 1.54) is 20.8 Å². The van der Waals surface area contributed by atoms with E-state index in [9.17, 15) is 55.2 Å². The summed E-state index contributed by atoms with van der Waals surface area (Å²) in [5.74, 6) is -3.37. The van der Waals surface area contributed by atoms with Gasteiger partial charge in [-0.05, 0) is 0 Å². The van der Waals surface area contributed by atoms with Gasteiger partial charge in [0.25, 0.3) is 0 Å².